The maximum Gasteiger partial charge on any atom is 0.323 e. The first kappa shape index (κ1) is 24.8. The molecular weight excluding hydrogens is 483 g/mol. The van der Waals surface area contributed by atoms with Gasteiger partial charge in [0.1, 0.15) is 0 Å². The van der Waals surface area contributed by atoms with Crippen LogP contribution in [0.5, 0.6) is 0 Å². The van der Waals surface area contributed by atoms with Gasteiger partial charge in [-0.2, -0.15) is 17.6 Å². The van der Waals surface area contributed by atoms with E-state index in [1.807, 2.05) is 11.8 Å². The van der Waals surface area contributed by atoms with E-state index in [2.05, 4.69) is 10.2 Å². The number of nitrogens with one attached hydrogen (secondary N) is 1. The highest BCUT2D eigenvalue weighted by molar-refractivity contribution is 6.42. The molecule has 0 radical (unpaired) electrons. The first-order chi connectivity index (χ1) is 15.5. The van der Waals surface area contributed by atoms with E-state index in [0.717, 1.165) is 19.3 Å². The van der Waals surface area contributed by atoms with Gasteiger partial charge < -0.3 is 10.2 Å². The Bertz CT molecular complexity index is 874. The van der Waals surface area contributed by atoms with Gasteiger partial charge in [0, 0.05) is 36.9 Å². The van der Waals surface area contributed by atoms with Crippen molar-refractivity contribution in [1.82, 2.24) is 14.7 Å². The molecule has 0 aromatic heterocycles. The molecule has 3 unspecified atom stereocenters. The normalized spacial score (nSPS) is 29.3. The minimum atomic E-state index is -3.95. The van der Waals surface area contributed by atoms with Gasteiger partial charge in [0.05, 0.1) is 23.1 Å². The molecule has 4 rings (SSSR count). The second-order valence-electron chi connectivity index (χ2n) is 9.40. The van der Waals surface area contributed by atoms with Crippen LogP contribution in [0.15, 0.2) is 18.2 Å². The lowest BCUT2D eigenvalue weighted by Crippen LogP contribution is -2.59. The van der Waals surface area contributed by atoms with Gasteiger partial charge in [-0.15, -0.1) is 0 Å². The Morgan fingerprint density at radius 2 is 1.79 bits per heavy atom. The predicted molar refractivity (Wildman–Crippen MR) is 121 cm³/mol. The van der Waals surface area contributed by atoms with Crippen molar-refractivity contribution in [2.45, 2.75) is 62.6 Å². The van der Waals surface area contributed by atoms with Crippen LogP contribution >= 0.6 is 23.2 Å². The highest BCUT2D eigenvalue weighted by Crippen LogP contribution is 2.41. The molecule has 5 nitrogen and oxygen atoms in total. The van der Waals surface area contributed by atoms with E-state index < -0.39 is 24.9 Å². The Morgan fingerprint density at radius 3 is 2.45 bits per heavy atom. The summed E-state index contributed by atoms with van der Waals surface area (Å²) in [6.07, 6.45) is 3.25. The van der Waals surface area contributed by atoms with E-state index in [4.69, 9.17) is 23.2 Å². The Hall–Kier alpha value is -1.29. The maximum atomic E-state index is 13.4. The fraction of sp³-hybridized carbons (Fsp3) is 0.682. The lowest BCUT2D eigenvalue weighted by atomic mass is 10.1. The molecule has 0 saturated carbocycles. The largest absolute Gasteiger partial charge is 0.323 e. The average molecular weight is 511 g/mol. The summed E-state index contributed by atoms with van der Waals surface area (Å²) >= 11 is 12.0. The molecule has 3 atom stereocenters. The quantitative estimate of drug-likeness (QED) is 0.536. The van der Waals surface area contributed by atoms with E-state index in [1.165, 1.54) is 4.90 Å². The summed E-state index contributed by atoms with van der Waals surface area (Å²) in [6.45, 7) is 1.79. The highest BCUT2D eigenvalue weighted by atomic mass is 35.5. The summed E-state index contributed by atoms with van der Waals surface area (Å²) in [5, 5.41) is 3.66. The van der Waals surface area contributed by atoms with Crippen molar-refractivity contribution in [2.75, 3.05) is 38.0 Å². The Labute approximate surface area is 201 Å². The summed E-state index contributed by atoms with van der Waals surface area (Å²) in [7, 11) is 0. The van der Waals surface area contributed by atoms with Crippen molar-refractivity contribution >= 4 is 34.9 Å². The monoisotopic (exact) mass is 510 g/mol. The van der Waals surface area contributed by atoms with Crippen LogP contribution in [0.4, 0.5) is 28.0 Å². The van der Waals surface area contributed by atoms with Gasteiger partial charge in [-0.05, 0) is 57.4 Å². The standard InChI is InChI=1S/C22H28Cl2F4N4O/c1-14-10-32-16(3-2-8-30-12-21(25,26)22(27,28)13-30)5-6-17(32)11-31(14)20(33)29-15-4-7-18(23)19(24)9-15/h4,7,9,14,16-17H,2-3,5-6,8,10-13H2,1H3,(H,29,33). The third kappa shape index (κ3) is 5.21. The molecule has 184 valence electrons. The third-order valence-electron chi connectivity index (χ3n) is 7.01. The van der Waals surface area contributed by atoms with E-state index in [0.29, 0.717) is 35.2 Å². The van der Waals surface area contributed by atoms with Gasteiger partial charge in [0.15, 0.2) is 0 Å². The smallest absolute Gasteiger partial charge is 0.319 e. The van der Waals surface area contributed by atoms with E-state index in [1.54, 1.807) is 18.2 Å². The number of hydrogen-bond acceptors (Lipinski definition) is 3. The third-order valence-corrected chi connectivity index (χ3v) is 7.75. The van der Waals surface area contributed by atoms with Crippen molar-refractivity contribution in [3.05, 3.63) is 28.2 Å². The number of anilines is 1. The zero-order valence-corrected chi connectivity index (χ0v) is 19.9. The average Bonchev–Trinajstić information content (AvgIpc) is 3.20. The summed E-state index contributed by atoms with van der Waals surface area (Å²) in [5.74, 6) is -7.90. The van der Waals surface area contributed by atoms with Crippen LogP contribution in [-0.2, 0) is 0 Å². The number of alkyl halides is 4. The number of nitrogens with zero attached hydrogens (tertiary/aromatic N) is 3. The number of rotatable bonds is 5. The van der Waals surface area contributed by atoms with Crippen LogP contribution in [0, 0.1) is 0 Å². The molecule has 3 saturated heterocycles. The number of carbonyl (C=O) groups is 1. The van der Waals surface area contributed by atoms with Gasteiger partial charge in [0.2, 0.25) is 0 Å². The number of urea groups is 1. The van der Waals surface area contributed by atoms with Crippen molar-refractivity contribution in [2.24, 2.45) is 0 Å². The minimum absolute atomic E-state index is 0.0133. The van der Waals surface area contributed by atoms with E-state index in [-0.39, 0.29) is 30.7 Å². The van der Waals surface area contributed by atoms with Gasteiger partial charge >= 0.3 is 17.9 Å². The lowest BCUT2D eigenvalue weighted by molar-refractivity contribution is -0.172. The SMILES string of the molecule is CC1CN2C(CCCN3CC(F)(F)C(F)(F)C3)CCC2CN1C(=O)Nc1ccc(Cl)c(Cl)c1. The number of fused-ring (bicyclic) bond motifs is 1. The van der Waals surface area contributed by atoms with Gasteiger partial charge in [-0.25, -0.2) is 4.79 Å². The Morgan fingerprint density at radius 1 is 1.09 bits per heavy atom. The van der Waals surface area contributed by atoms with Gasteiger partial charge in [-0.3, -0.25) is 9.80 Å². The molecule has 1 aromatic carbocycles. The molecule has 3 aliphatic rings. The fourth-order valence-electron chi connectivity index (χ4n) is 5.24. The topological polar surface area (TPSA) is 38.8 Å². The van der Waals surface area contributed by atoms with E-state index >= 15 is 0 Å². The lowest BCUT2D eigenvalue weighted by Gasteiger charge is -2.44. The number of halogens is 6. The van der Waals surface area contributed by atoms with Gasteiger partial charge in [0.25, 0.3) is 0 Å². The van der Waals surface area contributed by atoms with Crippen LogP contribution in [-0.4, -0.2) is 83.4 Å². The molecule has 1 N–H and O–H groups in total. The molecule has 2 amide bonds. The van der Waals surface area contributed by atoms with Crippen molar-refractivity contribution in [3.8, 4) is 0 Å². The summed E-state index contributed by atoms with van der Waals surface area (Å²) in [4.78, 5) is 18.2. The predicted octanol–water partition coefficient (Wildman–Crippen LogP) is 5.43. The molecule has 0 spiro atoms. The second-order valence-corrected chi connectivity index (χ2v) is 10.2. The summed E-state index contributed by atoms with van der Waals surface area (Å²) in [6, 6.07) is 5.24. The number of likely N-dealkylation sites (tertiary alicyclic amines) is 1. The number of hydrogen-bond donors (Lipinski definition) is 1. The number of amides is 2. The van der Waals surface area contributed by atoms with Crippen molar-refractivity contribution in [1.29, 1.82) is 0 Å². The molecular formula is C22H28Cl2F4N4O. The second kappa shape index (κ2) is 9.40. The van der Waals surface area contributed by atoms with Crippen LogP contribution < -0.4 is 5.32 Å². The number of piperazine rings is 1. The van der Waals surface area contributed by atoms with Gasteiger partial charge in [-0.1, -0.05) is 23.2 Å². The zero-order valence-electron chi connectivity index (χ0n) is 18.3. The van der Waals surface area contributed by atoms with Crippen LogP contribution in [0.25, 0.3) is 0 Å². The minimum Gasteiger partial charge on any atom is -0.319 e. The number of benzene rings is 1. The van der Waals surface area contributed by atoms with E-state index in [9.17, 15) is 22.4 Å². The zero-order chi connectivity index (χ0) is 24.0. The van der Waals surface area contributed by atoms with Crippen molar-refractivity contribution in [3.63, 3.8) is 0 Å². The van der Waals surface area contributed by atoms with Crippen LogP contribution in [0.1, 0.15) is 32.6 Å². The molecule has 3 fully saturated rings. The first-order valence-corrected chi connectivity index (χ1v) is 12.0. The highest BCUT2D eigenvalue weighted by Gasteiger charge is 2.62. The van der Waals surface area contributed by atoms with Crippen molar-refractivity contribution < 1.29 is 22.4 Å². The molecule has 0 aliphatic carbocycles. The molecule has 3 aliphatic heterocycles. The Balaban J connectivity index is 1.27. The summed E-state index contributed by atoms with van der Waals surface area (Å²) < 4.78 is 53.6. The maximum absolute atomic E-state index is 13.4. The first-order valence-electron chi connectivity index (χ1n) is 11.2. The van der Waals surface area contributed by atoms with Crippen LogP contribution in [0.2, 0.25) is 10.0 Å². The van der Waals surface area contributed by atoms with Crippen LogP contribution in [0.3, 0.4) is 0 Å². The summed E-state index contributed by atoms with van der Waals surface area (Å²) in [5.41, 5.74) is 0.575. The molecule has 11 heteroatoms. The molecule has 3 heterocycles. The molecule has 33 heavy (non-hydrogen) atoms. The fourth-order valence-corrected chi connectivity index (χ4v) is 5.54. The molecule has 1 aromatic rings. The number of carbonyl (C=O) groups excluding carboxylic acids is 1. The Kier molecular flexibility index (Phi) is 7.07. The molecule has 0 bridgehead atoms.